The Morgan fingerprint density at radius 1 is 0.378 bits per heavy atom. The van der Waals surface area contributed by atoms with Crippen molar-refractivity contribution in [2.24, 2.45) is 21.7 Å². The summed E-state index contributed by atoms with van der Waals surface area (Å²) in [6.45, 7) is 4.99. The molecule has 0 unspecified atom stereocenters. The van der Waals surface area contributed by atoms with Gasteiger partial charge in [0.1, 0.15) is 0 Å². The largest absolute Gasteiger partial charge is 0.0617 e. The Labute approximate surface area is 220 Å². The van der Waals surface area contributed by atoms with E-state index in [-0.39, 0.29) is 21.7 Å². The molecule has 180 valence electrons. The fraction of sp³-hybridized carbons (Fsp3) is 0.243. The molecule has 0 bridgehead atoms. The van der Waals surface area contributed by atoms with Gasteiger partial charge < -0.3 is 0 Å². The predicted octanol–water partition coefficient (Wildman–Crippen LogP) is 9.00. The maximum atomic E-state index is 2.50. The van der Waals surface area contributed by atoms with E-state index in [2.05, 4.69) is 135 Å². The number of hydrogen-bond acceptors (Lipinski definition) is 0. The Bertz CT molecular complexity index is 1370. The van der Waals surface area contributed by atoms with Crippen LogP contribution >= 0.6 is 0 Å². The SMILES string of the molecule is CC12C3=CC=C1C=CC=C1C=CC(=CC=C3)C12CCCC12C3=CC=CC4=CC=C(C=CC=C1C=C3)C42C. The van der Waals surface area contributed by atoms with Gasteiger partial charge in [0, 0.05) is 21.7 Å². The van der Waals surface area contributed by atoms with Gasteiger partial charge >= 0.3 is 0 Å². The average Bonchev–Trinajstić information content (AvgIpc) is 3.54. The summed E-state index contributed by atoms with van der Waals surface area (Å²) in [7, 11) is 0. The zero-order chi connectivity index (χ0) is 24.9. The highest BCUT2D eigenvalue weighted by atomic mass is 14.6. The van der Waals surface area contributed by atoms with Crippen molar-refractivity contribution in [3.05, 3.63) is 166 Å². The molecule has 0 atom stereocenters. The predicted molar refractivity (Wildman–Crippen MR) is 154 cm³/mol. The van der Waals surface area contributed by atoms with E-state index < -0.39 is 0 Å². The maximum absolute atomic E-state index is 2.50. The van der Waals surface area contributed by atoms with Crippen LogP contribution in [-0.2, 0) is 0 Å². The van der Waals surface area contributed by atoms with E-state index in [4.69, 9.17) is 0 Å². The molecule has 0 saturated carbocycles. The van der Waals surface area contributed by atoms with Gasteiger partial charge in [0.2, 0.25) is 0 Å². The molecule has 0 radical (unpaired) electrons. The van der Waals surface area contributed by atoms with Gasteiger partial charge in [-0.25, -0.2) is 0 Å². The molecule has 37 heavy (non-hydrogen) atoms. The third-order valence-electron chi connectivity index (χ3n) is 11.1. The first-order valence-corrected chi connectivity index (χ1v) is 13.8. The average molecular weight is 477 g/mol. The van der Waals surface area contributed by atoms with Crippen LogP contribution in [0.4, 0.5) is 0 Å². The smallest absolute Gasteiger partial charge is 0.0337 e. The van der Waals surface area contributed by atoms with E-state index in [1.807, 2.05) is 0 Å². The van der Waals surface area contributed by atoms with Crippen molar-refractivity contribution in [3.63, 3.8) is 0 Å². The van der Waals surface area contributed by atoms with E-state index >= 15 is 0 Å². The molecule has 8 rings (SSSR count). The van der Waals surface area contributed by atoms with E-state index in [1.54, 1.807) is 0 Å². The molecular weight excluding hydrogens is 444 g/mol. The van der Waals surface area contributed by atoms with Crippen molar-refractivity contribution in [3.8, 4) is 0 Å². The number of allylic oxidation sites excluding steroid dienone is 28. The Balaban J connectivity index is 1.24. The van der Waals surface area contributed by atoms with Gasteiger partial charge in [-0.1, -0.05) is 142 Å². The molecule has 0 heteroatoms. The van der Waals surface area contributed by atoms with Crippen molar-refractivity contribution in [1.82, 2.24) is 0 Å². The maximum Gasteiger partial charge on any atom is 0.0337 e. The Morgan fingerprint density at radius 3 is 0.973 bits per heavy atom. The summed E-state index contributed by atoms with van der Waals surface area (Å²) < 4.78 is 0. The summed E-state index contributed by atoms with van der Waals surface area (Å²) in [5, 5.41) is 0. The van der Waals surface area contributed by atoms with E-state index in [0.717, 1.165) is 19.3 Å². The van der Waals surface area contributed by atoms with Crippen LogP contribution in [0.15, 0.2) is 166 Å². The Hall–Kier alpha value is -3.64. The van der Waals surface area contributed by atoms with Crippen molar-refractivity contribution < 1.29 is 0 Å². The third-order valence-corrected chi connectivity index (χ3v) is 11.1. The van der Waals surface area contributed by atoms with Crippen LogP contribution in [0.3, 0.4) is 0 Å². The van der Waals surface area contributed by atoms with E-state index in [1.165, 1.54) is 44.6 Å². The van der Waals surface area contributed by atoms with Gasteiger partial charge in [-0.15, -0.1) is 0 Å². The monoisotopic (exact) mass is 476 g/mol. The van der Waals surface area contributed by atoms with Gasteiger partial charge in [0.25, 0.3) is 0 Å². The Morgan fingerprint density at radius 2 is 0.676 bits per heavy atom. The van der Waals surface area contributed by atoms with Crippen molar-refractivity contribution in [1.29, 1.82) is 0 Å². The molecule has 0 saturated heterocycles. The lowest BCUT2D eigenvalue weighted by Crippen LogP contribution is -2.43. The lowest BCUT2D eigenvalue weighted by Gasteiger charge is -2.51. The fourth-order valence-electron chi connectivity index (χ4n) is 9.16. The van der Waals surface area contributed by atoms with Gasteiger partial charge in [0.15, 0.2) is 0 Å². The van der Waals surface area contributed by atoms with E-state index in [0.29, 0.717) is 0 Å². The van der Waals surface area contributed by atoms with Crippen LogP contribution in [0.5, 0.6) is 0 Å². The molecule has 8 aliphatic rings. The van der Waals surface area contributed by atoms with Crippen LogP contribution in [0.1, 0.15) is 33.1 Å². The lowest BCUT2D eigenvalue weighted by atomic mass is 9.51. The zero-order valence-corrected chi connectivity index (χ0v) is 21.7. The highest BCUT2D eigenvalue weighted by Crippen LogP contribution is 2.70. The molecular formula is C37H32. The first-order chi connectivity index (χ1) is 18.0. The normalized spacial score (nSPS) is 38.3. The molecule has 0 spiro atoms. The van der Waals surface area contributed by atoms with Crippen LogP contribution in [0, 0.1) is 21.7 Å². The summed E-state index contributed by atoms with van der Waals surface area (Å²) in [6, 6.07) is 0. The molecule has 0 heterocycles. The summed E-state index contributed by atoms with van der Waals surface area (Å²) in [5.74, 6) is 0. The Kier molecular flexibility index (Phi) is 4.07. The number of rotatable bonds is 4. The van der Waals surface area contributed by atoms with Crippen molar-refractivity contribution >= 4 is 0 Å². The second kappa shape index (κ2) is 7.01. The minimum Gasteiger partial charge on any atom is -0.0617 e. The van der Waals surface area contributed by atoms with E-state index in [9.17, 15) is 0 Å². The standard InChI is InChI=1S/C37H32/c1-34-26-8-3-12-30-20-21-31(13-4-9-27(34)17-16-26)36(30,34)24-7-25-37-32-14-5-10-28-18-19-29(35(28,37)2)11-6-15-33(37)23-22-32/h3-6,8-23H,7,24-25H2,1-2H3. The summed E-state index contributed by atoms with van der Waals surface area (Å²) in [5.41, 5.74) is 11.4. The van der Waals surface area contributed by atoms with Gasteiger partial charge in [-0.05, 0) is 57.4 Å². The molecule has 0 aromatic rings. The summed E-state index contributed by atoms with van der Waals surface area (Å²) >= 11 is 0. The second-order valence-electron chi connectivity index (χ2n) is 12.0. The molecule has 0 N–H and O–H groups in total. The summed E-state index contributed by atoms with van der Waals surface area (Å²) in [6.07, 6.45) is 50.4. The highest BCUT2D eigenvalue weighted by Gasteiger charge is 2.60. The van der Waals surface area contributed by atoms with Crippen molar-refractivity contribution in [2.45, 2.75) is 33.1 Å². The quantitative estimate of drug-likeness (QED) is 0.380. The molecule has 8 aliphatic carbocycles. The summed E-state index contributed by atoms with van der Waals surface area (Å²) in [4.78, 5) is 0. The topological polar surface area (TPSA) is 0 Å². The molecule has 0 aliphatic heterocycles. The van der Waals surface area contributed by atoms with Gasteiger partial charge in [-0.3, -0.25) is 0 Å². The fourth-order valence-corrected chi connectivity index (χ4v) is 9.16. The first-order valence-electron chi connectivity index (χ1n) is 13.8. The number of hydrogen-bond donors (Lipinski definition) is 0. The minimum absolute atomic E-state index is 0.0417. The molecule has 0 nitrogen and oxygen atoms in total. The van der Waals surface area contributed by atoms with Gasteiger partial charge in [-0.2, -0.15) is 0 Å². The van der Waals surface area contributed by atoms with Crippen LogP contribution in [0.25, 0.3) is 0 Å². The van der Waals surface area contributed by atoms with Crippen LogP contribution in [0.2, 0.25) is 0 Å². The molecule has 0 aromatic carbocycles. The molecule has 0 aromatic heterocycles. The minimum atomic E-state index is -0.0506. The third kappa shape index (κ3) is 2.28. The van der Waals surface area contributed by atoms with Gasteiger partial charge in [0.05, 0.1) is 0 Å². The first kappa shape index (κ1) is 21.4. The van der Waals surface area contributed by atoms with Crippen LogP contribution in [-0.4, -0.2) is 0 Å². The highest BCUT2D eigenvalue weighted by molar-refractivity contribution is 5.68. The van der Waals surface area contributed by atoms with Crippen LogP contribution < -0.4 is 0 Å². The molecule has 0 fully saturated rings. The molecule has 0 amide bonds. The van der Waals surface area contributed by atoms with Crippen molar-refractivity contribution in [2.75, 3.05) is 0 Å². The zero-order valence-electron chi connectivity index (χ0n) is 21.7. The lowest BCUT2D eigenvalue weighted by molar-refractivity contribution is 0.184. The second-order valence-corrected chi connectivity index (χ2v) is 12.0.